The van der Waals surface area contributed by atoms with Crippen molar-refractivity contribution in [1.82, 2.24) is 0 Å². The normalized spacial score (nSPS) is 11.7. The van der Waals surface area contributed by atoms with Gasteiger partial charge in [0.05, 0.1) is 20.3 Å². The van der Waals surface area contributed by atoms with Crippen LogP contribution in [0.3, 0.4) is 0 Å². The minimum Gasteiger partial charge on any atom is -0.497 e. The Morgan fingerprint density at radius 1 is 0.875 bits per heavy atom. The van der Waals surface area contributed by atoms with E-state index in [1.807, 2.05) is 62.4 Å². The molecule has 0 bridgehead atoms. The molecule has 0 fully saturated rings. The highest BCUT2D eigenvalue weighted by Crippen LogP contribution is 2.25. The summed E-state index contributed by atoms with van der Waals surface area (Å²) in [6.07, 6.45) is -0.184. The van der Waals surface area contributed by atoms with Crippen LogP contribution >= 0.6 is 0 Å². The Balaban J connectivity index is 2.25. The first-order chi connectivity index (χ1) is 11.5. The molecule has 0 amide bonds. The molecule has 0 aromatic heterocycles. The van der Waals surface area contributed by atoms with Crippen molar-refractivity contribution in [3.8, 4) is 11.5 Å². The topological polar surface area (TPSA) is 56.8 Å². The number of anilines is 1. The van der Waals surface area contributed by atoms with Gasteiger partial charge in [-0.2, -0.15) is 0 Å². The van der Waals surface area contributed by atoms with E-state index in [-0.39, 0.29) is 12.1 Å². The molecule has 0 radical (unpaired) electrons. The largest absolute Gasteiger partial charge is 0.497 e. The molecule has 1 atom stereocenters. The summed E-state index contributed by atoms with van der Waals surface area (Å²) in [5, 5.41) is 3.22. The van der Waals surface area contributed by atoms with Gasteiger partial charge < -0.3 is 19.5 Å². The van der Waals surface area contributed by atoms with E-state index in [0.29, 0.717) is 0 Å². The van der Waals surface area contributed by atoms with Crippen molar-refractivity contribution in [2.24, 2.45) is 0 Å². The SMILES string of the molecule is COc1ccc(NC(C(=O)OC(C)C)c2ccc(OC)cc2)cc1. The van der Waals surface area contributed by atoms with Crippen LogP contribution < -0.4 is 14.8 Å². The molecular weight excluding hydrogens is 306 g/mol. The van der Waals surface area contributed by atoms with E-state index < -0.39 is 6.04 Å². The number of esters is 1. The molecule has 0 aliphatic heterocycles. The van der Waals surface area contributed by atoms with Crippen LogP contribution in [0.4, 0.5) is 5.69 Å². The van der Waals surface area contributed by atoms with Gasteiger partial charge in [0.25, 0.3) is 0 Å². The van der Waals surface area contributed by atoms with Crippen molar-refractivity contribution >= 4 is 11.7 Å². The lowest BCUT2D eigenvalue weighted by Crippen LogP contribution is -2.25. The Kier molecular flexibility index (Phi) is 6.07. The van der Waals surface area contributed by atoms with Gasteiger partial charge in [0.15, 0.2) is 6.04 Å². The van der Waals surface area contributed by atoms with E-state index >= 15 is 0 Å². The zero-order chi connectivity index (χ0) is 17.5. The van der Waals surface area contributed by atoms with E-state index in [9.17, 15) is 4.79 Å². The standard InChI is InChI=1S/C19H23NO4/c1-13(2)24-19(21)18(14-5-9-16(22-3)10-6-14)20-15-7-11-17(23-4)12-8-15/h5-13,18,20H,1-4H3. The third-order valence-electron chi connectivity index (χ3n) is 3.44. The molecule has 5 nitrogen and oxygen atoms in total. The van der Waals surface area contributed by atoms with Gasteiger partial charge in [-0.3, -0.25) is 0 Å². The molecule has 0 aliphatic carbocycles. The van der Waals surface area contributed by atoms with E-state index in [2.05, 4.69) is 5.32 Å². The van der Waals surface area contributed by atoms with Crippen LogP contribution in [0.15, 0.2) is 48.5 Å². The van der Waals surface area contributed by atoms with E-state index in [0.717, 1.165) is 22.7 Å². The van der Waals surface area contributed by atoms with Gasteiger partial charge in [-0.05, 0) is 55.8 Å². The van der Waals surface area contributed by atoms with Gasteiger partial charge in [-0.25, -0.2) is 4.79 Å². The number of rotatable bonds is 7. The first kappa shape index (κ1) is 17.7. The molecule has 2 rings (SSSR count). The Morgan fingerprint density at radius 3 is 1.83 bits per heavy atom. The zero-order valence-corrected chi connectivity index (χ0v) is 14.4. The molecule has 128 valence electrons. The molecule has 1 N–H and O–H groups in total. The van der Waals surface area contributed by atoms with Gasteiger partial charge in [0.2, 0.25) is 0 Å². The van der Waals surface area contributed by atoms with Crippen molar-refractivity contribution in [1.29, 1.82) is 0 Å². The fourth-order valence-corrected chi connectivity index (χ4v) is 2.23. The molecule has 1 unspecified atom stereocenters. The lowest BCUT2D eigenvalue weighted by Gasteiger charge is -2.21. The Morgan fingerprint density at radius 2 is 1.38 bits per heavy atom. The maximum atomic E-state index is 12.5. The molecular formula is C19H23NO4. The fraction of sp³-hybridized carbons (Fsp3) is 0.316. The number of ether oxygens (including phenoxy) is 3. The quantitative estimate of drug-likeness (QED) is 0.783. The molecule has 2 aromatic carbocycles. The maximum Gasteiger partial charge on any atom is 0.333 e. The molecule has 0 saturated heterocycles. The van der Waals surface area contributed by atoms with Gasteiger partial charge in [0.1, 0.15) is 11.5 Å². The second-order valence-corrected chi connectivity index (χ2v) is 5.56. The Hall–Kier alpha value is -2.69. The summed E-state index contributed by atoms with van der Waals surface area (Å²) in [6, 6.07) is 14.1. The van der Waals surface area contributed by atoms with Crippen LogP contribution in [0.1, 0.15) is 25.5 Å². The Labute approximate surface area is 142 Å². The summed E-state index contributed by atoms with van der Waals surface area (Å²) in [5.41, 5.74) is 1.61. The molecule has 0 heterocycles. The number of carbonyl (C=O) groups is 1. The first-order valence-electron chi connectivity index (χ1n) is 7.78. The maximum absolute atomic E-state index is 12.5. The molecule has 5 heteroatoms. The summed E-state index contributed by atoms with van der Waals surface area (Å²) in [5.74, 6) is 1.16. The van der Waals surface area contributed by atoms with Crippen LogP contribution in [-0.4, -0.2) is 26.3 Å². The molecule has 0 spiro atoms. The zero-order valence-electron chi connectivity index (χ0n) is 14.4. The second kappa shape index (κ2) is 8.24. The van der Waals surface area contributed by atoms with Gasteiger partial charge in [0, 0.05) is 5.69 Å². The second-order valence-electron chi connectivity index (χ2n) is 5.56. The highest BCUT2D eigenvalue weighted by molar-refractivity contribution is 5.81. The van der Waals surface area contributed by atoms with Crippen molar-refractivity contribution in [2.75, 3.05) is 19.5 Å². The first-order valence-corrected chi connectivity index (χ1v) is 7.78. The summed E-state index contributed by atoms with van der Waals surface area (Å²) in [7, 11) is 3.22. The van der Waals surface area contributed by atoms with Crippen LogP contribution in [0, 0.1) is 0 Å². The van der Waals surface area contributed by atoms with Gasteiger partial charge in [-0.15, -0.1) is 0 Å². The molecule has 2 aromatic rings. The number of hydrogen-bond donors (Lipinski definition) is 1. The van der Waals surface area contributed by atoms with Crippen LogP contribution in [0.5, 0.6) is 11.5 Å². The monoisotopic (exact) mass is 329 g/mol. The lowest BCUT2D eigenvalue weighted by atomic mass is 10.1. The van der Waals surface area contributed by atoms with Gasteiger partial charge >= 0.3 is 5.97 Å². The fourth-order valence-electron chi connectivity index (χ4n) is 2.23. The molecule has 0 saturated carbocycles. The van der Waals surface area contributed by atoms with Crippen molar-refractivity contribution in [3.63, 3.8) is 0 Å². The smallest absolute Gasteiger partial charge is 0.333 e. The van der Waals surface area contributed by atoms with E-state index in [4.69, 9.17) is 14.2 Å². The summed E-state index contributed by atoms with van der Waals surface area (Å²) in [4.78, 5) is 12.5. The minimum absolute atomic E-state index is 0.184. The van der Waals surface area contributed by atoms with E-state index in [1.165, 1.54) is 0 Å². The number of methoxy groups -OCH3 is 2. The van der Waals surface area contributed by atoms with Crippen molar-refractivity contribution in [2.45, 2.75) is 26.0 Å². The van der Waals surface area contributed by atoms with Gasteiger partial charge in [-0.1, -0.05) is 12.1 Å². The lowest BCUT2D eigenvalue weighted by molar-refractivity contribution is -0.148. The summed E-state index contributed by atoms with van der Waals surface area (Å²) in [6.45, 7) is 3.66. The van der Waals surface area contributed by atoms with Crippen LogP contribution in [0.25, 0.3) is 0 Å². The third-order valence-corrected chi connectivity index (χ3v) is 3.44. The highest BCUT2D eigenvalue weighted by Gasteiger charge is 2.23. The van der Waals surface area contributed by atoms with E-state index in [1.54, 1.807) is 14.2 Å². The summed E-state index contributed by atoms with van der Waals surface area (Å²) >= 11 is 0. The molecule has 0 aliphatic rings. The van der Waals surface area contributed by atoms with Crippen molar-refractivity contribution in [3.05, 3.63) is 54.1 Å². The highest BCUT2D eigenvalue weighted by atomic mass is 16.5. The van der Waals surface area contributed by atoms with Crippen molar-refractivity contribution < 1.29 is 19.0 Å². The van der Waals surface area contributed by atoms with Crippen LogP contribution in [0.2, 0.25) is 0 Å². The molecule has 24 heavy (non-hydrogen) atoms. The predicted octanol–water partition coefficient (Wildman–Crippen LogP) is 3.81. The predicted molar refractivity (Wildman–Crippen MR) is 93.6 cm³/mol. The summed E-state index contributed by atoms with van der Waals surface area (Å²) < 4.78 is 15.7. The number of hydrogen-bond acceptors (Lipinski definition) is 5. The Bertz CT molecular complexity index is 650. The number of nitrogens with one attached hydrogen (secondary N) is 1. The van der Waals surface area contributed by atoms with Crippen LogP contribution in [-0.2, 0) is 9.53 Å². The minimum atomic E-state index is -0.605. The third kappa shape index (κ3) is 4.65. The average Bonchev–Trinajstić information content (AvgIpc) is 2.59. The average molecular weight is 329 g/mol. The number of benzene rings is 2. The number of carbonyl (C=O) groups excluding carboxylic acids is 1.